The maximum Gasteiger partial charge on any atom is 0.338 e. The van der Waals surface area contributed by atoms with E-state index in [0.717, 1.165) is 39.1 Å². The Morgan fingerprint density at radius 3 is 2.40 bits per heavy atom. The molecule has 0 radical (unpaired) electrons. The fourth-order valence-corrected chi connectivity index (χ4v) is 6.84. The van der Waals surface area contributed by atoms with E-state index in [4.69, 9.17) is 9.73 Å². The highest BCUT2D eigenvalue weighted by Gasteiger charge is 2.34. The number of rotatable bonds is 8. The van der Waals surface area contributed by atoms with Crippen LogP contribution in [0.15, 0.2) is 80.1 Å². The fourth-order valence-electron chi connectivity index (χ4n) is 5.56. The molecular formula is C34H36BrN3O3S. The third kappa shape index (κ3) is 5.62. The molecule has 1 aliphatic heterocycles. The molecule has 1 atom stereocenters. The summed E-state index contributed by atoms with van der Waals surface area (Å²) < 4.78 is 11.0. The standard InChI is InChI=1S/C34H36BrN3O3S/c1-7-9-28-30(33(40)41-8-2)31(24-12-10-23(11-13-24)20(3)4)38-32(39)29(42-34(38)36-28)19-25-18-21(5)37(22(25)6)27-16-14-26(35)15-17-27/h10-20,31H,7-9H2,1-6H3/b29-19-/t31-/m0/s1. The number of halogens is 1. The summed E-state index contributed by atoms with van der Waals surface area (Å²) in [4.78, 5) is 33.1. The minimum Gasteiger partial charge on any atom is -0.463 e. The first-order valence-electron chi connectivity index (χ1n) is 14.4. The van der Waals surface area contributed by atoms with Crippen molar-refractivity contribution in [3.63, 3.8) is 0 Å². The van der Waals surface area contributed by atoms with Crippen LogP contribution in [0.3, 0.4) is 0 Å². The van der Waals surface area contributed by atoms with Crippen molar-refractivity contribution in [2.45, 2.75) is 66.3 Å². The lowest BCUT2D eigenvalue weighted by Crippen LogP contribution is -2.40. The topological polar surface area (TPSA) is 65.6 Å². The summed E-state index contributed by atoms with van der Waals surface area (Å²) in [5.41, 5.74) is 7.18. The number of carbonyl (C=O) groups is 1. The van der Waals surface area contributed by atoms with Crippen molar-refractivity contribution in [3.05, 3.63) is 118 Å². The number of thiazole rings is 1. The van der Waals surface area contributed by atoms with Gasteiger partial charge in [-0.05, 0) is 86.2 Å². The Morgan fingerprint density at radius 1 is 1.10 bits per heavy atom. The zero-order valence-corrected chi connectivity index (χ0v) is 27.3. The molecular weight excluding hydrogens is 610 g/mol. The SMILES string of the molecule is CCCC1=C(C(=O)OCC)[C@H](c2ccc(C(C)C)cc2)n2c(s/c(=C\c3cc(C)n(-c4ccc(Br)cc4)c3C)c2=O)=N1. The monoisotopic (exact) mass is 645 g/mol. The molecule has 5 rings (SSSR count). The molecule has 4 aromatic rings. The first-order valence-corrected chi connectivity index (χ1v) is 16.0. The number of allylic oxidation sites excluding steroid dienone is 1. The first-order chi connectivity index (χ1) is 20.1. The number of hydrogen-bond donors (Lipinski definition) is 0. The maximum atomic E-state index is 14.2. The smallest absolute Gasteiger partial charge is 0.338 e. The number of aromatic nitrogens is 2. The molecule has 0 saturated carbocycles. The average molecular weight is 647 g/mol. The van der Waals surface area contributed by atoms with Crippen LogP contribution in [0.1, 0.15) is 80.6 Å². The van der Waals surface area contributed by atoms with Gasteiger partial charge in [-0.2, -0.15) is 0 Å². The molecule has 42 heavy (non-hydrogen) atoms. The number of ether oxygens (including phenoxy) is 1. The van der Waals surface area contributed by atoms with Crippen LogP contribution in [-0.4, -0.2) is 21.7 Å². The molecule has 2 aromatic carbocycles. The Bertz CT molecular complexity index is 1840. The zero-order valence-electron chi connectivity index (χ0n) is 24.9. The highest BCUT2D eigenvalue weighted by Crippen LogP contribution is 2.33. The predicted molar refractivity (Wildman–Crippen MR) is 173 cm³/mol. The van der Waals surface area contributed by atoms with Gasteiger partial charge in [0.1, 0.15) is 0 Å². The van der Waals surface area contributed by atoms with Crippen LogP contribution in [0.5, 0.6) is 0 Å². The van der Waals surface area contributed by atoms with Crippen molar-refractivity contribution in [1.82, 2.24) is 9.13 Å². The Hall–Kier alpha value is -3.49. The summed E-state index contributed by atoms with van der Waals surface area (Å²) in [6, 6.07) is 17.9. The number of esters is 1. The van der Waals surface area contributed by atoms with E-state index in [1.807, 2.05) is 30.3 Å². The lowest BCUT2D eigenvalue weighted by atomic mass is 9.92. The van der Waals surface area contributed by atoms with E-state index < -0.39 is 12.0 Å². The molecule has 8 heteroatoms. The minimum absolute atomic E-state index is 0.164. The van der Waals surface area contributed by atoms with Crippen molar-refractivity contribution >= 4 is 39.3 Å². The van der Waals surface area contributed by atoms with Gasteiger partial charge in [0.2, 0.25) is 0 Å². The van der Waals surface area contributed by atoms with Gasteiger partial charge in [-0.1, -0.05) is 78.7 Å². The van der Waals surface area contributed by atoms with Crippen molar-refractivity contribution in [1.29, 1.82) is 0 Å². The molecule has 2 aromatic heterocycles. The summed E-state index contributed by atoms with van der Waals surface area (Å²) in [6.45, 7) is 12.5. The molecule has 1 aliphatic rings. The van der Waals surface area contributed by atoms with Crippen molar-refractivity contribution < 1.29 is 9.53 Å². The van der Waals surface area contributed by atoms with E-state index in [9.17, 15) is 9.59 Å². The maximum absolute atomic E-state index is 14.2. The number of hydrogen-bond acceptors (Lipinski definition) is 5. The second kappa shape index (κ2) is 12.4. The van der Waals surface area contributed by atoms with Gasteiger partial charge in [0, 0.05) is 21.5 Å². The third-order valence-electron chi connectivity index (χ3n) is 7.65. The van der Waals surface area contributed by atoms with Crippen LogP contribution >= 0.6 is 27.3 Å². The van der Waals surface area contributed by atoms with E-state index in [0.29, 0.717) is 32.9 Å². The summed E-state index contributed by atoms with van der Waals surface area (Å²) in [7, 11) is 0. The second-order valence-corrected chi connectivity index (χ2v) is 12.8. The van der Waals surface area contributed by atoms with Crippen molar-refractivity contribution in [2.75, 3.05) is 6.61 Å². The molecule has 6 nitrogen and oxygen atoms in total. The van der Waals surface area contributed by atoms with E-state index in [-0.39, 0.29) is 12.2 Å². The van der Waals surface area contributed by atoms with E-state index in [2.05, 4.69) is 85.4 Å². The lowest BCUT2D eigenvalue weighted by molar-refractivity contribution is -0.139. The predicted octanol–water partition coefficient (Wildman–Crippen LogP) is 6.87. The Morgan fingerprint density at radius 2 is 1.79 bits per heavy atom. The van der Waals surface area contributed by atoms with E-state index in [1.54, 1.807) is 11.5 Å². The van der Waals surface area contributed by atoms with Crippen molar-refractivity contribution in [2.24, 2.45) is 4.99 Å². The quantitative estimate of drug-likeness (QED) is 0.196. The zero-order chi connectivity index (χ0) is 30.1. The normalized spacial score (nSPS) is 15.2. The van der Waals surface area contributed by atoms with Gasteiger partial charge in [-0.25, -0.2) is 9.79 Å². The molecule has 0 saturated heterocycles. The molecule has 0 spiro atoms. The third-order valence-corrected chi connectivity index (χ3v) is 9.16. The summed E-state index contributed by atoms with van der Waals surface area (Å²) in [5.74, 6) is -0.0527. The van der Waals surface area contributed by atoms with Gasteiger partial charge in [-0.3, -0.25) is 9.36 Å². The van der Waals surface area contributed by atoms with Crippen LogP contribution in [0.25, 0.3) is 11.8 Å². The fraction of sp³-hybridized carbons (Fsp3) is 0.324. The van der Waals surface area contributed by atoms with Gasteiger partial charge in [-0.15, -0.1) is 0 Å². The van der Waals surface area contributed by atoms with Crippen LogP contribution < -0.4 is 14.9 Å². The molecule has 0 aliphatic carbocycles. The molecule has 0 bridgehead atoms. The molecule has 3 heterocycles. The Balaban J connectivity index is 1.71. The molecule has 0 unspecified atom stereocenters. The van der Waals surface area contributed by atoms with Crippen molar-refractivity contribution in [3.8, 4) is 5.69 Å². The highest BCUT2D eigenvalue weighted by molar-refractivity contribution is 9.10. The molecule has 0 N–H and O–H groups in total. The molecule has 218 valence electrons. The van der Waals surface area contributed by atoms with E-state index in [1.165, 1.54) is 16.9 Å². The van der Waals surface area contributed by atoms with Crippen LogP contribution in [0, 0.1) is 13.8 Å². The van der Waals surface area contributed by atoms with Crippen LogP contribution in [-0.2, 0) is 9.53 Å². The number of carbonyl (C=O) groups excluding carboxylic acids is 1. The largest absolute Gasteiger partial charge is 0.463 e. The number of aryl methyl sites for hydroxylation is 1. The lowest BCUT2D eigenvalue weighted by Gasteiger charge is -2.26. The summed E-state index contributed by atoms with van der Waals surface area (Å²) >= 11 is 4.88. The van der Waals surface area contributed by atoms with Gasteiger partial charge in [0.25, 0.3) is 5.56 Å². The average Bonchev–Trinajstić information content (AvgIpc) is 3.42. The van der Waals surface area contributed by atoms with Gasteiger partial charge >= 0.3 is 5.97 Å². The number of fused-ring (bicyclic) bond motifs is 1. The Kier molecular flexibility index (Phi) is 8.85. The Labute approximate surface area is 258 Å². The minimum atomic E-state index is -0.611. The molecule has 0 fully saturated rings. The highest BCUT2D eigenvalue weighted by atomic mass is 79.9. The second-order valence-electron chi connectivity index (χ2n) is 10.9. The van der Waals surface area contributed by atoms with Crippen LogP contribution in [0.4, 0.5) is 0 Å². The van der Waals surface area contributed by atoms with E-state index >= 15 is 0 Å². The summed E-state index contributed by atoms with van der Waals surface area (Å²) in [5, 5.41) is 0. The van der Waals surface area contributed by atoms with Gasteiger partial charge < -0.3 is 9.30 Å². The summed E-state index contributed by atoms with van der Waals surface area (Å²) in [6.07, 6.45) is 3.39. The van der Waals surface area contributed by atoms with Crippen LogP contribution in [0.2, 0.25) is 0 Å². The first kappa shape index (κ1) is 30.0. The van der Waals surface area contributed by atoms with Gasteiger partial charge in [0.05, 0.1) is 28.5 Å². The van der Waals surface area contributed by atoms with Gasteiger partial charge in [0.15, 0.2) is 4.80 Å². The molecule has 0 amide bonds. The number of nitrogens with zero attached hydrogens (tertiary/aromatic N) is 3. The number of benzene rings is 2.